The van der Waals surface area contributed by atoms with Gasteiger partial charge in [0, 0.05) is 4.90 Å². The Hall–Kier alpha value is -0.980. The van der Waals surface area contributed by atoms with E-state index in [1.807, 2.05) is 11.6 Å². The molecular formula is C11H9NS2. The van der Waals surface area contributed by atoms with Gasteiger partial charge in [0.1, 0.15) is 6.07 Å². The zero-order valence-electron chi connectivity index (χ0n) is 8.00. The van der Waals surface area contributed by atoms with Gasteiger partial charge in [0.05, 0.1) is 10.3 Å². The highest BCUT2D eigenvalue weighted by atomic mass is 32.2. The third-order valence-corrected chi connectivity index (χ3v) is 3.94. The van der Waals surface area contributed by atoms with Crippen LogP contribution in [0.4, 0.5) is 0 Å². The number of nitriles is 1. The van der Waals surface area contributed by atoms with Crippen molar-refractivity contribution in [1.29, 1.82) is 5.26 Å². The Morgan fingerprint density at radius 3 is 2.93 bits per heavy atom. The number of aryl methyl sites for hydroxylation is 1. The summed E-state index contributed by atoms with van der Waals surface area (Å²) in [5.74, 6) is 0. The smallest absolute Gasteiger partial charge is 0.102 e. The van der Waals surface area contributed by atoms with Crippen molar-refractivity contribution in [1.82, 2.24) is 0 Å². The zero-order chi connectivity index (χ0) is 10.1. The maximum Gasteiger partial charge on any atom is 0.102 e. The predicted octanol–water partition coefficient (Wildman–Crippen LogP) is 3.80. The van der Waals surface area contributed by atoms with E-state index in [-0.39, 0.29) is 0 Å². The molecule has 0 unspecified atom stereocenters. The second kappa shape index (κ2) is 3.64. The Bertz CT molecular complexity index is 520. The summed E-state index contributed by atoms with van der Waals surface area (Å²) < 4.78 is 1.12. The first-order chi connectivity index (χ1) is 6.77. The molecule has 0 aliphatic rings. The third kappa shape index (κ3) is 1.31. The summed E-state index contributed by atoms with van der Waals surface area (Å²) in [5.41, 5.74) is 2.08. The molecule has 3 heteroatoms. The molecule has 0 bridgehead atoms. The molecule has 0 aliphatic heterocycles. The van der Waals surface area contributed by atoms with Crippen LogP contribution in [0.1, 0.15) is 11.1 Å². The van der Waals surface area contributed by atoms with Gasteiger partial charge in [-0.15, -0.1) is 23.1 Å². The number of hydrogen-bond acceptors (Lipinski definition) is 3. The summed E-state index contributed by atoms with van der Waals surface area (Å²) in [5, 5.41) is 12.4. The van der Waals surface area contributed by atoms with E-state index in [1.54, 1.807) is 23.1 Å². The SMILES string of the molecule is CSc1cc(C)c2ccsc2c1C#N. The topological polar surface area (TPSA) is 23.8 Å². The fourth-order valence-electron chi connectivity index (χ4n) is 1.54. The Morgan fingerprint density at radius 2 is 2.29 bits per heavy atom. The summed E-state index contributed by atoms with van der Waals surface area (Å²) in [6.45, 7) is 2.09. The zero-order valence-corrected chi connectivity index (χ0v) is 9.63. The van der Waals surface area contributed by atoms with Crippen LogP contribution in [0, 0.1) is 18.3 Å². The molecule has 0 spiro atoms. The lowest BCUT2D eigenvalue weighted by Crippen LogP contribution is -1.84. The fourth-order valence-corrected chi connectivity index (χ4v) is 3.22. The summed E-state index contributed by atoms with van der Waals surface area (Å²) >= 11 is 3.28. The van der Waals surface area contributed by atoms with E-state index < -0.39 is 0 Å². The first-order valence-corrected chi connectivity index (χ1v) is 6.33. The molecular weight excluding hydrogens is 210 g/mol. The molecule has 2 rings (SSSR count). The maximum absolute atomic E-state index is 9.10. The van der Waals surface area contributed by atoms with Crippen molar-refractivity contribution in [3.63, 3.8) is 0 Å². The van der Waals surface area contributed by atoms with Gasteiger partial charge >= 0.3 is 0 Å². The number of benzene rings is 1. The molecule has 0 fully saturated rings. The van der Waals surface area contributed by atoms with Crippen LogP contribution in [0.3, 0.4) is 0 Å². The summed E-state index contributed by atoms with van der Waals surface area (Å²) in [6, 6.07) is 6.47. The molecule has 0 atom stereocenters. The standard InChI is InChI=1S/C11H9NS2/c1-7-5-10(13-2)9(6-12)11-8(7)3-4-14-11/h3-5H,1-2H3. The molecule has 1 heterocycles. The molecule has 1 nitrogen and oxygen atoms in total. The van der Waals surface area contributed by atoms with E-state index in [1.165, 1.54) is 10.9 Å². The van der Waals surface area contributed by atoms with Crippen molar-refractivity contribution in [3.05, 3.63) is 28.6 Å². The monoisotopic (exact) mass is 219 g/mol. The minimum absolute atomic E-state index is 0.827. The Labute approximate surface area is 91.4 Å². The van der Waals surface area contributed by atoms with Crippen LogP contribution < -0.4 is 0 Å². The van der Waals surface area contributed by atoms with E-state index in [9.17, 15) is 0 Å². The number of rotatable bonds is 1. The highest BCUT2D eigenvalue weighted by Crippen LogP contribution is 2.33. The number of nitrogens with zero attached hydrogens (tertiary/aromatic N) is 1. The number of fused-ring (bicyclic) bond motifs is 1. The molecule has 1 aromatic heterocycles. The average Bonchev–Trinajstić information content (AvgIpc) is 2.66. The molecule has 0 saturated heterocycles. The van der Waals surface area contributed by atoms with Crippen molar-refractivity contribution >= 4 is 33.2 Å². The second-order valence-electron chi connectivity index (χ2n) is 3.05. The quantitative estimate of drug-likeness (QED) is 0.681. The fraction of sp³-hybridized carbons (Fsp3) is 0.182. The second-order valence-corrected chi connectivity index (χ2v) is 4.81. The minimum atomic E-state index is 0.827. The number of hydrogen-bond donors (Lipinski definition) is 0. The Kier molecular flexibility index (Phi) is 2.49. The van der Waals surface area contributed by atoms with Crippen LogP contribution in [0.15, 0.2) is 22.4 Å². The molecule has 1 aromatic carbocycles. The van der Waals surface area contributed by atoms with Gasteiger partial charge in [-0.2, -0.15) is 5.26 Å². The highest BCUT2D eigenvalue weighted by molar-refractivity contribution is 7.98. The van der Waals surface area contributed by atoms with Crippen molar-refractivity contribution in [2.75, 3.05) is 6.26 Å². The van der Waals surface area contributed by atoms with E-state index >= 15 is 0 Å². The molecule has 0 aliphatic carbocycles. The van der Waals surface area contributed by atoms with E-state index in [0.29, 0.717) is 0 Å². The van der Waals surface area contributed by atoms with Crippen molar-refractivity contribution in [2.45, 2.75) is 11.8 Å². The van der Waals surface area contributed by atoms with Crippen LogP contribution >= 0.6 is 23.1 Å². The van der Waals surface area contributed by atoms with Gasteiger partial charge < -0.3 is 0 Å². The lowest BCUT2D eigenvalue weighted by Gasteiger charge is -2.04. The van der Waals surface area contributed by atoms with Crippen LogP contribution in [0.5, 0.6) is 0 Å². The first-order valence-electron chi connectivity index (χ1n) is 4.23. The van der Waals surface area contributed by atoms with Crippen molar-refractivity contribution in [2.24, 2.45) is 0 Å². The van der Waals surface area contributed by atoms with Crippen LogP contribution in [0.2, 0.25) is 0 Å². The van der Waals surface area contributed by atoms with E-state index in [4.69, 9.17) is 5.26 Å². The average molecular weight is 219 g/mol. The molecule has 2 aromatic rings. The van der Waals surface area contributed by atoms with Gasteiger partial charge in [-0.1, -0.05) is 0 Å². The van der Waals surface area contributed by atoms with Crippen molar-refractivity contribution < 1.29 is 0 Å². The number of thioether (sulfide) groups is 1. The maximum atomic E-state index is 9.10. The van der Waals surface area contributed by atoms with Gasteiger partial charge in [0.25, 0.3) is 0 Å². The Balaban J connectivity index is 2.91. The van der Waals surface area contributed by atoms with Crippen molar-refractivity contribution in [3.8, 4) is 6.07 Å². The molecule has 0 N–H and O–H groups in total. The van der Waals surface area contributed by atoms with Gasteiger partial charge in [-0.25, -0.2) is 0 Å². The lowest BCUT2D eigenvalue weighted by atomic mass is 10.1. The minimum Gasteiger partial charge on any atom is -0.192 e. The largest absolute Gasteiger partial charge is 0.192 e. The molecule has 0 amide bonds. The summed E-state index contributed by atoms with van der Waals surface area (Å²) in [7, 11) is 0. The van der Waals surface area contributed by atoms with Gasteiger partial charge in [-0.05, 0) is 41.6 Å². The third-order valence-electron chi connectivity index (χ3n) is 2.24. The normalized spacial score (nSPS) is 10.4. The molecule has 70 valence electrons. The van der Waals surface area contributed by atoms with Crippen LogP contribution in [-0.4, -0.2) is 6.26 Å². The number of thiophene rings is 1. The lowest BCUT2D eigenvalue weighted by molar-refractivity contribution is 1.37. The van der Waals surface area contributed by atoms with Crippen LogP contribution in [-0.2, 0) is 0 Å². The molecule has 14 heavy (non-hydrogen) atoms. The predicted molar refractivity (Wildman–Crippen MR) is 63.1 cm³/mol. The van der Waals surface area contributed by atoms with Gasteiger partial charge in [0.2, 0.25) is 0 Å². The van der Waals surface area contributed by atoms with Gasteiger partial charge in [-0.3, -0.25) is 0 Å². The first kappa shape index (κ1) is 9.57. The van der Waals surface area contributed by atoms with Gasteiger partial charge in [0.15, 0.2) is 0 Å². The van der Waals surface area contributed by atoms with E-state index in [0.717, 1.165) is 15.2 Å². The van der Waals surface area contributed by atoms with Crippen LogP contribution in [0.25, 0.3) is 10.1 Å². The highest BCUT2D eigenvalue weighted by Gasteiger charge is 2.09. The Morgan fingerprint density at radius 1 is 1.50 bits per heavy atom. The summed E-state index contributed by atoms with van der Waals surface area (Å²) in [4.78, 5) is 1.08. The molecule has 0 saturated carbocycles. The van der Waals surface area contributed by atoms with E-state index in [2.05, 4.69) is 25.1 Å². The molecule has 0 radical (unpaired) electrons. The summed E-state index contributed by atoms with van der Waals surface area (Å²) in [6.07, 6.45) is 2.01.